The van der Waals surface area contributed by atoms with Crippen molar-refractivity contribution in [3.05, 3.63) is 77.8 Å². The molecule has 2 atom stereocenters. The minimum atomic E-state index is -0.0502. The van der Waals surface area contributed by atoms with Crippen LogP contribution in [0, 0.1) is 11.8 Å². The molecule has 1 aromatic heterocycles. The predicted octanol–water partition coefficient (Wildman–Crippen LogP) is 4.53. The van der Waals surface area contributed by atoms with E-state index >= 15 is 0 Å². The molecule has 156 valence electrons. The highest BCUT2D eigenvalue weighted by Gasteiger charge is 2.36. The SMILES string of the molecule is C=C(O)[C@@H](C1CCCC1)[C@H](Cc1ccc(-c2ccc(CN)cc2)cc1)c1nnn[nH]1. The predicted molar refractivity (Wildman–Crippen MR) is 118 cm³/mol. The van der Waals surface area contributed by atoms with Gasteiger partial charge in [0.05, 0.1) is 5.76 Å². The Kier molecular flexibility index (Phi) is 6.23. The number of nitrogens with two attached hydrogens (primary N) is 1. The Morgan fingerprint density at radius 2 is 1.63 bits per heavy atom. The lowest BCUT2D eigenvalue weighted by Gasteiger charge is -2.29. The highest BCUT2D eigenvalue weighted by Crippen LogP contribution is 2.42. The van der Waals surface area contributed by atoms with Gasteiger partial charge in [0.25, 0.3) is 0 Å². The van der Waals surface area contributed by atoms with E-state index in [0.29, 0.717) is 18.3 Å². The van der Waals surface area contributed by atoms with Crippen LogP contribution in [0.4, 0.5) is 0 Å². The number of H-pyrrole nitrogens is 1. The molecular formula is C24H29N5O. The number of nitrogens with zero attached hydrogens (tertiary/aromatic N) is 3. The van der Waals surface area contributed by atoms with Gasteiger partial charge in [0.15, 0.2) is 5.82 Å². The summed E-state index contributed by atoms with van der Waals surface area (Å²) < 4.78 is 0. The zero-order valence-corrected chi connectivity index (χ0v) is 17.2. The molecule has 1 aliphatic carbocycles. The largest absolute Gasteiger partial charge is 0.513 e. The zero-order valence-electron chi connectivity index (χ0n) is 17.2. The third-order valence-electron chi connectivity index (χ3n) is 6.37. The van der Waals surface area contributed by atoms with Crippen molar-refractivity contribution in [1.82, 2.24) is 20.6 Å². The summed E-state index contributed by atoms with van der Waals surface area (Å²) in [6.07, 6.45) is 5.37. The van der Waals surface area contributed by atoms with Crippen LogP contribution in [0.1, 0.15) is 48.6 Å². The summed E-state index contributed by atoms with van der Waals surface area (Å²) in [7, 11) is 0. The van der Waals surface area contributed by atoms with E-state index in [2.05, 4.69) is 75.7 Å². The molecule has 0 radical (unpaired) electrons. The summed E-state index contributed by atoms with van der Waals surface area (Å²) in [4.78, 5) is 0. The molecular weight excluding hydrogens is 374 g/mol. The minimum Gasteiger partial charge on any atom is -0.513 e. The fourth-order valence-electron chi connectivity index (χ4n) is 4.79. The van der Waals surface area contributed by atoms with Crippen LogP contribution < -0.4 is 5.73 Å². The third-order valence-corrected chi connectivity index (χ3v) is 6.37. The van der Waals surface area contributed by atoms with E-state index in [9.17, 15) is 5.11 Å². The van der Waals surface area contributed by atoms with Crippen molar-refractivity contribution in [1.29, 1.82) is 0 Å². The molecule has 1 aliphatic rings. The quantitative estimate of drug-likeness (QED) is 0.480. The summed E-state index contributed by atoms with van der Waals surface area (Å²) >= 11 is 0. The Morgan fingerprint density at radius 3 is 2.13 bits per heavy atom. The zero-order chi connectivity index (χ0) is 20.9. The van der Waals surface area contributed by atoms with Gasteiger partial charge < -0.3 is 10.8 Å². The maximum absolute atomic E-state index is 10.5. The number of tetrazole rings is 1. The van der Waals surface area contributed by atoms with Crippen LogP contribution >= 0.6 is 0 Å². The Bertz CT molecular complexity index is 944. The van der Waals surface area contributed by atoms with Crippen molar-refractivity contribution in [2.45, 2.75) is 44.6 Å². The summed E-state index contributed by atoms with van der Waals surface area (Å²) in [5.41, 5.74) is 10.3. The summed E-state index contributed by atoms with van der Waals surface area (Å²) in [5, 5.41) is 25.1. The van der Waals surface area contributed by atoms with Crippen molar-refractivity contribution >= 4 is 0 Å². The molecule has 6 heteroatoms. The Morgan fingerprint density at radius 1 is 1.03 bits per heavy atom. The van der Waals surface area contributed by atoms with Crippen molar-refractivity contribution in [3.8, 4) is 11.1 Å². The second-order valence-electron chi connectivity index (χ2n) is 8.26. The molecule has 2 aromatic carbocycles. The number of aromatic amines is 1. The molecule has 1 saturated carbocycles. The standard InChI is InChI=1S/C24H29N5O/c1-16(30)23(21-4-2-3-5-21)22(24-26-28-29-27-24)14-17-6-10-19(11-7-17)20-12-8-18(15-25)9-13-20/h6-13,21-23,30H,1-5,14-15,25H2,(H,26,27,28,29)/t22-,23-/m0/s1. The molecule has 4 N–H and O–H groups in total. The lowest BCUT2D eigenvalue weighted by molar-refractivity contribution is 0.224. The van der Waals surface area contributed by atoms with E-state index in [4.69, 9.17) is 5.73 Å². The Balaban J connectivity index is 1.57. The van der Waals surface area contributed by atoms with Gasteiger partial charge in [-0.3, -0.25) is 0 Å². The first-order valence-electron chi connectivity index (χ1n) is 10.7. The number of aliphatic hydroxyl groups excluding tert-OH is 1. The normalized spacial score (nSPS) is 16.4. The smallest absolute Gasteiger partial charge is 0.152 e. The molecule has 4 rings (SSSR count). The fourth-order valence-corrected chi connectivity index (χ4v) is 4.79. The summed E-state index contributed by atoms with van der Waals surface area (Å²) in [5.74, 6) is 1.28. The van der Waals surface area contributed by atoms with Gasteiger partial charge in [-0.1, -0.05) is 68.0 Å². The average Bonchev–Trinajstić information content (AvgIpc) is 3.48. The summed E-state index contributed by atoms with van der Waals surface area (Å²) in [6.45, 7) is 4.46. The van der Waals surface area contributed by atoms with Crippen molar-refractivity contribution in [3.63, 3.8) is 0 Å². The number of hydrogen-bond donors (Lipinski definition) is 3. The maximum atomic E-state index is 10.5. The first kappa shape index (κ1) is 20.3. The van der Waals surface area contributed by atoms with Crippen molar-refractivity contribution in [2.24, 2.45) is 17.6 Å². The number of hydrogen-bond acceptors (Lipinski definition) is 5. The van der Waals surface area contributed by atoms with Crippen LogP contribution in [0.2, 0.25) is 0 Å². The first-order valence-corrected chi connectivity index (χ1v) is 10.7. The second kappa shape index (κ2) is 9.22. The Labute approximate surface area is 177 Å². The summed E-state index contributed by atoms with van der Waals surface area (Å²) in [6, 6.07) is 16.9. The second-order valence-corrected chi connectivity index (χ2v) is 8.26. The van der Waals surface area contributed by atoms with Gasteiger partial charge >= 0.3 is 0 Å². The molecule has 0 amide bonds. The molecule has 0 bridgehead atoms. The minimum absolute atomic E-state index is 0.0321. The highest BCUT2D eigenvalue weighted by atomic mass is 16.3. The van der Waals surface area contributed by atoms with E-state index < -0.39 is 0 Å². The van der Waals surface area contributed by atoms with E-state index in [-0.39, 0.29) is 17.6 Å². The van der Waals surface area contributed by atoms with Crippen LogP contribution in [-0.4, -0.2) is 25.7 Å². The van der Waals surface area contributed by atoms with Gasteiger partial charge in [-0.2, -0.15) is 0 Å². The van der Waals surface area contributed by atoms with Gasteiger partial charge in [0.1, 0.15) is 0 Å². The van der Waals surface area contributed by atoms with Crippen LogP contribution in [0.3, 0.4) is 0 Å². The van der Waals surface area contributed by atoms with Crippen molar-refractivity contribution in [2.75, 3.05) is 0 Å². The van der Waals surface area contributed by atoms with Gasteiger partial charge in [-0.25, -0.2) is 5.10 Å². The van der Waals surface area contributed by atoms with Gasteiger partial charge in [0.2, 0.25) is 0 Å². The number of aromatic nitrogens is 4. The van der Waals surface area contributed by atoms with Crippen LogP contribution in [-0.2, 0) is 13.0 Å². The molecule has 30 heavy (non-hydrogen) atoms. The van der Waals surface area contributed by atoms with Gasteiger partial charge in [-0.15, -0.1) is 5.10 Å². The van der Waals surface area contributed by atoms with Crippen LogP contribution in [0.5, 0.6) is 0 Å². The fraction of sp³-hybridized carbons (Fsp3) is 0.375. The molecule has 0 aliphatic heterocycles. The first-order chi connectivity index (χ1) is 14.7. The van der Waals surface area contributed by atoms with E-state index in [1.165, 1.54) is 29.5 Å². The number of nitrogens with one attached hydrogen (secondary N) is 1. The third kappa shape index (κ3) is 4.44. The van der Waals surface area contributed by atoms with Gasteiger partial charge in [0, 0.05) is 18.4 Å². The van der Waals surface area contributed by atoms with Crippen molar-refractivity contribution < 1.29 is 5.11 Å². The monoisotopic (exact) mass is 403 g/mol. The van der Waals surface area contributed by atoms with Gasteiger partial charge in [-0.05, 0) is 57.9 Å². The molecule has 6 nitrogen and oxygen atoms in total. The van der Waals surface area contributed by atoms with E-state index in [0.717, 1.165) is 24.8 Å². The van der Waals surface area contributed by atoms with E-state index in [1.807, 2.05) is 0 Å². The van der Waals surface area contributed by atoms with E-state index in [1.54, 1.807) is 0 Å². The topological polar surface area (TPSA) is 101 Å². The van der Waals surface area contributed by atoms with Crippen LogP contribution in [0.15, 0.2) is 60.9 Å². The van der Waals surface area contributed by atoms with Crippen LogP contribution in [0.25, 0.3) is 11.1 Å². The average molecular weight is 404 g/mol. The Hall–Kier alpha value is -2.99. The maximum Gasteiger partial charge on any atom is 0.152 e. The number of allylic oxidation sites excluding steroid dienone is 1. The number of rotatable bonds is 8. The molecule has 1 heterocycles. The molecule has 0 saturated heterocycles. The molecule has 0 spiro atoms. The highest BCUT2D eigenvalue weighted by molar-refractivity contribution is 5.64. The molecule has 1 fully saturated rings. The number of aliphatic hydroxyl groups is 1. The lowest BCUT2D eigenvalue weighted by Crippen LogP contribution is -2.25. The molecule has 3 aromatic rings. The number of benzene rings is 2. The lowest BCUT2D eigenvalue weighted by atomic mass is 9.76. The molecule has 0 unspecified atom stereocenters.